The van der Waals surface area contributed by atoms with E-state index in [2.05, 4.69) is 52.5 Å². The molecule has 0 aliphatic heterocycles. The molecular weight excluding hydrogens is 288 g/mol. The Balaban J connectivity index is 2.03. The number of hydrazine groups is 1. The van der Waals surface area contributed by atoms with Crippen LogP contribution in [0.25, 0.3) is 0 Å². The molecule has 2 nitrogen and oxygen atoms in total. The van der Waals surface area contributed by atoms with Gasteiger partial charge in [0.25, 0.3) is 0 Å². The molecule has 3 heteroatoms. The quantitative estimate of drug-likeness (QED) is 0.658. The van der Waals surface area contributed by atoms with E-state index in [1.54, 1.807) is 0 Å². The molecule has 3 unspecified atom stereocenters. The SMILES string of the molecule is CC1CCCC(C(Cc2ccccc2Br)NN)C1. The highest BCUT2D eigenvalue weighted by atomic mass is 79.9. The fraction of sp³-hybridized carbons (Fsp3) is 0.600. The lowest BCUT2D eigenvalue weighted by atomic mass is 9.77. The van der Waals surface area contributed by atoms with Crippen LogP contribution in [0.5, 0.6) is 0 Å². The monoisotopic (exact) mass is 310 g/mol. The first-order valence-corrected chi connectivity index (χ1v) is 7.69. The van der Waals surface area contributed by atoms with E-state index in [1.807, 2.05) is 0 Å². The zero-order valence-corrected chi connectivity index (χ0v) is 12.6. The van der Waals surface area contributed by atoms with Crippen LogP contribution in [0.2, 0.25) is 0 Å². The molecule has 100 valence electrons. The van der Waals surface area contributed by atoms with E-state index < -0.39 is 0 Å². The second-order valence-corrected chi connectivity index (χ2v) is 6.45. The molecule has 1 aliphatic rings. The maximum atomic E-state index is 5.78. The average Bonchev–Trinajstić information content (AvgIpc) is 2.38. The predicted molar refractivity (Wildman–Crippen MR) is 80.1 cm³/mol. The summed E-state index contributed by atoms with van der Waals surface area (Å²) in [5, 5.41) is 0. The van der Waals surface area contributed by atoms with Crippen LogP contribution in [0, 0.1) is 11.8 Å². The molecule has 0 aromatic heterocycles. The number of nitrogens with one attached hydrogen (secondary N) is 1. The van der Waals surface area contributed by atoms with Gasteiger partial charge >= 0.3 is 0 Å². The Morgan fingerprint density at radius 3 is 2.83 bits per heavy atom. The molecular formula is C15H23BrN2. The number of hydrogen-bond donors (Lipinski definition) is 2. The number of hydrogen-bond acceptors (Lipinski definition) is 2. The lowest BCUT2D eigenvalue weighted by Crippen LogP contribution is -2.44. The molecule has 1 saturated carbocycles. The summed E-state index contributed by atoms with van der Waals surface area (Å²) in [6.07, 6.45) is 6.35. The van der Waals surface area contributed by atoms with Crippen LogP contribution < -0.4 is 11.3 Å². The minimum absolute atomic E-state index is 0.395. The summed E-state index contributed by atoms with van der Waals surface area (Å²) < 4.78 is 1.19. The highest BCUT2D eigenvalue weighted by Gasteiger charge is 2.26. The maximum Gasteiger partial charge on any atom is 0.0279 e. The summed E-state index contributed by atoms with van der Waals surface area (Å²) in [6.45, 7) is 2.36. The molecule has 1 aromatic carbocycles. The molecule has 0 amide bonds. The fourth-order valence-electron chi connectivity index (χ4n) is 3.11. The lowest BCUT2D eigenvalue weighted by Gasteiger charge is -2.33. The topological polar surface area (TPSA) is 38.0 Å². The molecule has 18 heavy (non-hydrogen) atoms. The third-order valence-electron chi connectivity index (χ3n) is 4.16. The molecule has 3 N–H and O–H groups in total. The molecule has 0 bridgehead atoms. The van der Waals surface area contributed by atoms with Crippen molar-refractivity contribution >= 4 is 15.9 Å². The lowest BCUT2D eigenvalue weighted by molar-refractivity contribution is 0.222. The molecule has 0 heterocycles. The Morgan fingerprint density at radius 1 is 1.39 bits per heavy atom. The van der Waals surface area contributed by atoms with Crippen molar-refractivity contribution in [2.45, 2.75) is 45.1 Å². The third-order valence-corrected chi connectivity index (χ3v) is 4.93. The van der Waals surface area contributed by atoms with Crippen molar-refractivity contribution in [2.24, 2.45) is 17.7 Å². The van der Waals surface area contributed by atoms with Gasteiger partial charge in [0.15, 0.2) is 0 Å². The standard InChI is InChI=1S/C15H23BrN2/c1-11-5-4-7-13(9-11)15(18-17)10-12-6-2-3-8-14(12)16/h2-3,6,8,11,13,15,18H,4-5,7,9-10,17H2,1H3. The van der Waals surface area contributed by atoms with Crippen molar-refractivity contribution in [3.8, 4) is 0 Å². The summed E-state index contributed by atoms with van der Waals surface area (Å²) in [7, 11) is 0. The molecule has 3 atom stereocenters. The van der Waals surface area contributed by atoms with Gasteiger partial charge in [0.1, 0.15) is 0 Å². The van der Waals surface area contributed by atoms with E-state index in [-0.39, 0.29) is 0 Å². The molecule has 0 spiro atoms. The minimum Gasteiger partial charge on any atom is -0.271 e. The number of benzene rings is 1. The van der Waals surface area contributed by atoms with Gasteiger partial charge in [-0.25, -0.2) is 0 Å². The van der Waals surface area contributed by atoms with Gasteiger partial charge < -0.3 is 0 Å². The smallest absolute Gasteiger partial charge is 0.0279 e. The fourth-order valence-corrected chi connectivity index (χ4v) is 3.56. The van der Waals surface area contributed by atoms with Crippen molar-refractivity contribution in [1.82, 2.24) is 5.43 Å². The first-order valence-electron chi connectivity index (χ1n) is 6.90. The van der Waals surface area contributed by atoms with Crippen molar-refractivity contribution < 1.29 is 0 Å². The van der Waals surface area contributed by atoms with E-state index in [1.165, 1.54) is 35.7 Å². The Kier molecular flexibility index (Phi) is 5.22. The number of nitrogens with two attached hydrogens (primary N) is 1. The van der Waals surface area contributed by atoms with Crippen molar-refractivity contribution in [3.63, 3.8) is 0 Å². The molecule has 0 radical (unpaired) electrons. The zero-order chi connectivity index (χ0) is 13.0. The van der Waals surface area contributed by atoms with Crippen LogP contribution in [0.15, 0.2) is 28.7 Å². The molecule has 1 fully saturated rings. The second kappa shape index (κ2) is 6.69. The average molecular weight is 311 g/mol. The molecule has 1 aromatic rings. The Bertz CT molecular complexity index is 381. The summed E-state index contributed by atoms with van der Waals surface area (Å²) >= 11 is 3.62. The van der Waals surface area contributed by atoms with Crippen LogP contribution in [0.4, 0.5) is 0 Å². The Morgan fingerprint density at radius 2 is 2.17 bits per heavy atom. The summed E-state index contributed by atoms with van der Waals surface area (Å²) in [4.78, 5) is 0. The highest BCUT2D eigenvalue weighted by molar-refractivity contribution is 9.10. The number of rotatable bonds is 4. The second-order valence-electron chi connectivity index (χ2n) is 5.60. The first kappa shape index (κ1) is 14.0. The Labute approximate surface area is 118 Å². The van der Waals surface area contributed by atoms with E-state index >= 15 is 0 Å². The summed E-state index contributed by atoms with van der Waals surface area (Å²) in [5.74, 6) is 7.34. The van der Waals surface area contributed by atoms with E-state index in [9.17, 15) is 0 Å². The van der Waals surface area contributed by atoms with E-state index in [0.29, 0.717) is 12.0 Å². The number of halogens is 1. The van der Waals surface area contributed by atoms with Gasteiger partial charge in [0.05, 0.1) is 0 Å². The highest BCUT2D eigenvalue weighted by Crippen LogP contribution is 2.32. The van der Waals surface area contributed by atoms with Gasteiger partial charge in [-0.2, -0.15) is 0 Å². The van der Waals surface area contributed by atoms with Crippen LogP contribution in [0.3, 0.4) is 0 Å². The van der Waals surface area contributed by atoms with Gasteiger partial charge in [-0.1, -0.05) is 53.9 Å². The normalized spacial score (nSPS) is 25.9. The molecule has 2 rings (SSSR count). The van der Waals surface area contributed by atoms with Crippen LogP contribution in [-0.2, 0) is 6.42 Å². The van der Waals surface area contributed by atoms with Gasteiger partial charge in [-0.3, -0.25) is 11.3 Å². The first-order chi connectivity index (χ1) is 8.70. The largest absolute Gasteiger partial charge is 0.271 e. The zero-order valence-electron chi connectivity index (χ0n) is 11.0. The molecule has 0 saturated heterocycles. The summed E-state index contributed by atoms with van der Waals surface area (Å²) in [6, 6.07) is 8.83. The van der Waals surface area contributed by atoms with Crippen LogP contribution in [0.1, 0.15) is 38.2 Å². The van der Waals surface area contributed by atoms with Gasteiger partial charge in [-0.05, 0) is 42.7 Å². The van der Waals surface area contributed by atoms with Crippen LogP contribution in [-0.4, -0.2) is 6.04 Å². The predicted octanol–water partition coefficient (Wildman–Crippen LogP) is 3.65. The molecule has 1 aliphatic carbocycles. The van der Waals surface area contributed by atoms with Crippen molar-refractivity contribution in [2.75, 3.05) is 0 Å². The third kappa shape index (κ3) is 3.56. The maximum absolute atomic E-state index is 5.78. The Hall–Kier alpha value is -0.380. The van der Waals surface area contributed by atoms with Crippen molar-refractivity contribution in [1.29, 1.82) is 0 Å². The van der Waals surface area contributed by atoms with E-state index in [4.69, 9.17) is 5.84 Å². The van der Waals surface area contributed by atoms with Gasteiger partial charge in [0, 0.05) is 10.5 Å². The van der Waals surface area contributed by atoms with Crippen molar-refractivity contribution in [3.05, 3.63) is 34.3 Å². The van der Waals surface area contributed by atoms with Gasteiger partial charge in [-0.15, -0.1) is 0 Å². The van der Waals surface area contributed by atoms with Crippen LogP contribution >= 0.6 is 15.9 Å². The summed E-state index contributed by atoms with van der Waals surface area (Å²) in [5.41, 5.74) is 4.39. The van der Waals surface area contributed by atoms with E-state index in [0.717, 1.165) is 12.3 Å². The minimum atomic E-state index is 0.395. The van der Waals surface area contributed by atoms with Gasteiger partial charge in [0.2, 0.25) is 0 Å².